The molecule has 6 nitrogen and oxygen atoms in total. The Morgan fingerprint density at radius 3 is 3.00 bits per heavy atom. The molecular formula is C16H17N5O. The summed E-state index contributed by atoms with van der Waals surface area (Å²) in [5.74, 6) is 0.0594. The molecule has 2 aromatic heterocycles. The number of fused-ring (bicyclic) bond motifs is 2. The van der Waals surface area contributed by atoms with Crippen LogP contribution < -0.4 is 0 Å². The van der Waals surface area contributed by atoms with Gasteiger partial charge in [-0.15, -0.1) is 0 Å². The predicted octanol–water partition coefficient (Wildman–Crippen LogP) is 2.37. The number of hydrogen-bond acceptors (Lipinski definition) is 3. The fourth-order valence-electron chi connectivity index (χ4n) is 3.28. The molecule has 3 aromatic rings. The van der Waals surface area contributed by atoms with Gasteiger partial charge in [0, 0.05) is 30.5 Å². The van der Waals surface area contributed by atoms with Gasteiger partial charge in [0.2, 0.25) is 0 Å². The second-order valence-corrected chi connectivity index (χ2v) is 5.58. The summed E-state index contributed by atoms with van der Waals surface area (Å²) < 4.78 is 2.23. The number of carbonyl (C=O) groups is 1. The number of carbonyl (C=O) groups excluding carboxylic acids is 1. The van der Waals surface area contributed by atoms with E-state index in [9.17, 15) is 4.79 Å². The topological polar surface area (TPSA) is 66.8 Å². The number of benzene rings is 1. The number of aromatic amines is 1. The molecule has 0 unspecified atom stereocenters. The highest BCUT2D eigenvalue weighted by molar-refractivity contribution is 5.97. The first-order valence-electron chi connectivity index (χ1n) is 7.54. The van der Waals surface area contributed by atoms with Gasteiger partial charge in [-0.1, -0.05) is 6.92 Å². The largest absolute Gasteiger partial charge is 0.348 e. The maximum atomic E-state index is 12.9. The van der Waals surface area contributed by atoms with E-state index in [1.54, 1.807) is 0 Å². The molecule has 22 heavy (non-hydrogen) atoms. The van der Waals surface area contributed by atoms with Gasteiger partial charge >= 0.3 is 0 Å². The third-order valence-corrected chi connectivity index (χ3v) is 4.37. The maximum Gasteiger partial charge on any atom is 0.254 e. The van der Waals surface area contributed by atoms with Crippen LogP contribution in [0.1, 0.15) is 35.4 Å². The summed E-state index contributed by atoms with van der Waals surface area (Å²) in [6, 6.07) is 9.75. The average Bonchev–Trinajstić information content (AvgIpc) is 3.20. The second kappa shape index (κ2) is 4.98. The zero-order valence-corrected chi connectivity index (χ0v) is 12.4. The Balaban J connectivity index is 1.69. The van der Waals surface area contributed by atoms with Crippen LogP contribution in [0.25, 0.3) is 11.0 Å². The lowest BCUT2D eigenvalue weighted by atomic mass is 10.0. The van der Waals surface area contributed by atoms with Crippen molar-refractivity contribution in [3.05, 3.63) is 47.8 Å². The molecule has 0 spiro atoms. The fourth-order valence-corrected chi connectivity index (χ4v) is 3.28. The first-order chi connectivity index (χ1) is 10.8. The summed E-state index contributed by atoms with van der Waals surface area (Å²) in [6.45, 7) is 3.70. The van der Waals surface area contributed by atoms with E-state index in [1.165, 1.54) is 5.69 Å². The molecule has 3 heterocycles. The van der Waals surface area contributed by atoms with Gasteiger partial charge in [-0.05, 0) is 36.8 Å². The Kier molecular flexibility index (Phi) is 2.96. The highest BCUT2D eigenvalue weighted by atomic mass is 16.2. The van der Waals surface area contributed by atoms with E-state index >= 15 is 0 Å². The van der Waals surface area contributed by atoms with E-state index in [1.807, 2.05) is 29.2 Å². The fraction of sp³-hybridized carbons (Fsp3) is 0.312. The number of aromatic nitrogens is 4. The van der Waals surface area contributed by atoms with Gasteiger partial charge in [0.05, 0.1) is 6.04 Å². The molecule has 0 fully saturated rings. The van der Waals surface area contributed by atoms with Gasteiger partial charge in [-0.2, -0.15) is 15.4 Å². The van der Waals surface area contributed by atoms with Crippen LogP contribution in [0.4, 0.5) is 0 Å². The Morgan fingerprint density at radius 1 is 1.27 bits per heavy atom. The maximum absolute atomic E-state index is 12.9. The molecule has 0 aliphatic carbocycles. The number of nitrogens with one attached hydrogen (secondary N) is 1. The molecule has 1 aliphatic rings. The molecule has 0 saturated heterocycles. The van der Waals surface area contributed by atoms with Gasteiger partial charge in [-0.25, -0.2) is 0 Å². The quantitative estimate of drug-likeness (QED) is 0.789. The van der Waals surface area contributed by atoms with Gasteiger partial charge in [0.1, 0.15) is 11.0 Å². The molecule has 4 rings (SSSR count). The van der Waals surface area contributed by atoms with E-state index < -0.39 is 0 Å². The van der Waals surface area contributed by atoms with Crippen LogP contribution in [0, 0.1) is 0 Å². The highest BCUT2D eigenvalue weighted by Crippen LogP contribution is 2.30. The number of nitrogens with zero attached hydrogens (tertiary/aromatic N) is 4. The lowest BCUT2D eigenvalue weighted by molar-refractivity contribution is 0.0618. The molecule has 1 aromatic carbocycles. The van der Waals surface area contributed by atoms with Crippen molar-refractivity contribution in [3.8, 4) is 0 Å². The number of amides is 1. The van der Waals surface area contributed by atoms with Gasteiger partial charge in [0.15, 0.2) is 0 Å². The minimum absolute atomic E-state index is 0.0594. The molecule has 1 aliphatic heterocycles. The van der Waals surface area contributed by atoms with E-state index in [0.717, 1.165) is 30.5 Å². The lowest BCUT2D eigenvalue weighted by Crippen LogP contribution is -2.41. The Bertz CT molecular complexity index is 834. The predicted molar refractivity (Wildman–Crippen MR) is 82.4 cm³/mol. The minimum Gasteiger partial charge on any atom is -0.348 e. The van der Waals surface area contributed by atoms with Crippen LogP contribution >= 0.6 is 0 Å². The molecular weight excluding hydrogens is 278 g/mol. The minimum atomic E-state index is 0.0594. The second-order valence-electron chi connectivity index (χ2n) is 5.58. The van der Waals surface area contributed by atoms with Crippen molar-refractivity contribution in [2.75, 3.05) is 6.54 Å². The van der Waals surface area contributed by atoms with Gasteiger partial charge in [-0.3, -0.25) is 4.79 Å². The summed E-state index contributed by atoms with van der Waals surface area (Å²) in [5, 5.41) is 10.7. The van der Waals surface area contributed by atoms with Crippen molar-refractivity contribution < 1.29 is 4.79 Å². The van der Waals surface area contributed by atoms with E-state index in [0.29, 0.717) is 5.56 Å². The van der Waals surface area contributed by atoms with E-state index in [4.69, 9.17) is 0 Å². The van der Waals surface area contributed by atoms with Gasteiger partial charge in [0.25, 0.3) is 5.91 Å². The average molecular weight is 295 g/mol. The number of rotatable bonds is 2. The standard InChI is InChI=1S/C16H17N5O/c1-2-14-15-4-3-7-20(15)8-9-21(14)16(22)11-5-6-12-13(10-11)18-19-17-12/h3-7,10,14H,2,8-9H2,1H3,(H,17,18,19)/t14-/m1/s1. The molecule has 6 heteroatoms. The van der Waals surface area contributed by atoms with Crippen LogP contribution in [0.3, 0.4) is 0 Å². The summed E-state index contributed by atoms with van der Waals surface area (Å²) in [5.41, 5.74) is 3.37. The number of H-pyrrole nitrogens is 1. The van der Waals surface area contributed by atoms with Crippen molar-refractivity contribution in [1.82, 2.24) is 24.9 Å². The smallest absolute Gasteiger partial charge is 0.254 e. The monoisotopic (exact) mass is 295 g/mol. The zero-order chi connectivity index (χ0) is 15.1. The van der Waals surface area contributed by atoms with Crippen molar-refractivity contribution >= 4 is 16.9 Å². The molecule has 0 bridgehead atoms. The molecule has 112 valence electrons. The van der Waals surface area contributed by atoms with Crippen LogP contribution in [-0.4, -0.2) is 37.3 Å². The van der Waals surface area contributed by atoms with E-state index in [-0.39, 0.29) is 11.9 Å². The molecule has 1 atom stereocenters. The van der Waals surface area contributed by atoms with Crippen molar-refractivity contribution in [3.63, 3.8) is 0 Å². The van der Waals surface area contributed by atoms with Crippen LogP contribution in [0.2, 0.25) is 0 Å². The third kappa shape index (κ3) is 1.91. The highest BCUT2D eigenvalue weighted by Gasteiger charge is 2.30. The van der Waals surface area contributed by atoms with Crippen molar-refractivity contribution in [1.29, 1.82) is 0 Å². The van der Waals surface area contributed by atoms with Crippen LogP contribution in [0.15, 0.2) is 36.5 Å². The molecule has 0 saturated carbocycles. The van der Waals surface area contributed by atoms with Crippen molar-refractivity contribution in [2.24, 2.45) is 0 Å². The normalized spacial score (nSPS) is 17.7. The summed E-state index contributed by atoms with van der Waals surface area (Å²) in [7, 11) is 0. The summed E-state index contributed by atoms with van der Waals surface area (Å²) in [4.78, 5) is 14.9. The van der Waals surface area contributed by atoms with Gasteiger partial charge < -0.3 is 9.47 Å². The zero-order valence-electron chi connectivity index (χ0n) is 12.4. The lowest BCUT2D eigenvalue weighted by Gasteiger charge is -2.36. The summed E-state index contributed by atoms with van der Waals surface area (Å²) in [6.07, 6.45) is 2.99. The van der Waals surface area contributed by atoms with Crippen LogP contribution in [-0.2, 0) is 6.54 Å². The van der Waals surface area contributed by atoms with Crippen LogP contribution in [0.5, 0.6) is 0 Å². The Hall–Kier alpha value is -2.63. The molecule has 1 N–H and O–H groups in total. The van der Waals surface area contributed by atoms with E-state index in [2.05, 4.69) is 39.2 Å². The third-order valence-electron chi connectivity index (χ3n) is 4.37. The Morgan fingerprint density at radius 2 is 2.14 bits per heavy atom. The first kappa shape index (κ1) is 13.1. The van der Waals surface area contributed by atoms with Crippen molar-refractivity contribution in [2.45, 2.75) is 25.9 Å². The summed E-state index contributed by atoms with van der Waals surface area (Å²) >= 11 is 0. The SMILES string of the molecule is CC[C@@H]1c2cccn2CCN1C(=O)c1ccc2n[nH]nc2c1. The molecule has 0 radical (unpaired) electrons. The first-order valence-corrected chi connectivity index (χ1v) is 7.54. The molecule has 1 amide bonds. The Labute approximate surface area is 127 Å². The number of hydrogen-bond donors (Lipinski definition) is 1.